The lowest BCUT2D eigenvalue weighted by Gasteiger charge is -2.19. The lowest BCUT2D eigenvalue weighted by atomic mass is 9.87. The van der Waals surface area contributed by atoms with Crippen LogP contribution >= 0.6 is 0 Å². The van der Waals surface area contributed by atoms with Gasteiger partial charge in [-0.05, 0) is 53.4 Å². The van der Waals surface area contributed by atoms with Crippen LogP contribution in [0.15, 0.2) is 66.7 Å². The summed E-state index contributed by atoms with van der Waals surface area (Å²) in [6.45, 7) is 6.50. The van der Waals surface area contributed by atoms with E-state index in [0.29, 0.717) is 17.2 Å². The Labute approximate surface area is 168 Å². The number of anilines is 2. The van der Waals surface area contributed by atoms with Gasteiger partial charge in [0, 0.05) is 16.6 Å². The van der Waals surface area contributed by atoms with E-state index in [1.54, 1.807) is 0 Å². The lowest BCUT2D eigenvalue weighted by Crippen LogP contribution is -2.10. The average Bonchev–Trinajstić information content (AvgIpc) is 2.70. The zero-order valence-electron chi connectivity index (χ0n) is 16.5. The summed E-state index contributed by atoms with van der Waals surface area (Å²) in [4.78, 5) is 9.12. The zero-order valence-corrected chi connectivity index (χ0v) is 16.5. The first-order valence-electron chi connectivity index (χ1n) is 9.41. The summed E-state index contributed by atoms with van der Waals surface area (Å²) in [5.41, 5.74) is 3.33. The monoisotopic (exact) mass is 389 g/mol. The van der Waals surface area contributed by atoms with Crippen LogP contribution in [0.4, 0.5) is 20.3 Å². The minimum Gasteiger partial charge on any atom is -0.340 e. The minimum absolute atomic E-state index is 0.0694. The Bertz CT molecular complexity index is 1180. The van der Waals surface area contributed by atoms with Crippen LogP contribution in [0, 0.1) is 11.6 Å². The molecule has 4 aromatic rings. The van der Waals surface area contributed by atoms with Crippen LogP contribution in [0.1, 0.15) is 26.3 Å². The molecular weight excluding hydrogens is 368 g/mol. The molecule has 0 bridgehead atoms. The number of para-hydroxylation sites is 1. The first kappa shape index (κ1) is 19.0. The van der Waals surface area contributed by atoms with Gasteiger partial charge in [-0.25, -0.2) is 18.7 Å². The maximum Gasteiger partial charge on any atom is 0.162 e. The molecule has 1 aromatic heterocycles. The van der Waals surface area contributed by atoms with Crippen LogP contribution in [0.25, 0.3) is 22.3 Å². The summed E-state index contributed by atoms with van der Waals surface area (Å²) >= 11 is 0. The van der Waals surface area contributed by atoms with Gasteiger partial charge in [-0.1, -0.05) is 45.0 Å². The van der Waals surface area contributed by atoms with Crippen LogP contribution in [0.2, 0.25) is 0 Å². The first-order valence-corrected chi connectivity index (χ1v) is 9.41. The highest BCUT2D eigenvalue weighted by atomic mass is 19.2. The van der Waals surface area contributed by atoms with E-state index in [-0.39, 0.29) is 5.41 Å². The fourth-order valence-corrected chi connectivity index (χ4v) is 3.13. The third kappa shape index (κ3) is 3.94. The number of rotatable bonds is 3. The van der Waals surface area contributed by atoms with Crippen LogP contribution in [-0.4, -0.2) is 9.97 Å². The number of fused-ring (bicyclic) bond motifs is 1. The summed E-state index contributed by atoms with van der Waals surface area (Å²) in [7, 11) is 0. The molecule has 0 radical (unpaired) electrons. The molecule has 1 N–H and O–H groups in total. The predicted octanol–water partition coefficient (Wildman–Crippen LogP) is 6.62. The SMILES string of the molecule is CC(C)(C)c1ccc(Nc2nc(-c3ccc(F)c(F)c3)nc3ccccc23)cc1. The quantitative estimate of drug-likeness (QED) is 0.428. The molecule has 0 atom stereocenters. The number of nitrogens with one attached hydrogen (secondary N) is 1. The zero-order chi connectivity index (χ0) is 20.6. The van der Waals surface area contributed by atoms with Crippen molar-refractivity contribution in [2.45, 2.75) is 26.2 Å². The molecule has 0 aliphatic rings. The minimum atomic E-state index is -0.925. The number of hydrogen-bond donors (Lipinski definition) is 1. The van der Waals surface area contributed by atoms with Gasteiger partial charge in [0.15, 0.2) is 17.5 Å². The van der Waals surface area contributed by atoms with Crippen LogP contribution in [0.3, 0.4) is 0 Å². The first-order chi connectivity index (χ1) is 13.8. The fraction of sp³-hybridized carbons (Fsp3) is 0.167. The molecule has 0 fully saturated rings. The van der Waals surface area contributed by atoms with E-state index >= 15 is 0 Å². The largest absolute Gasteiger partial charge is 0.340 e. The molecule has 3 aromatic carbocycles. The number of nitrogens with zero attached hydrogens (tertiary/aromatic N) is 2. The summed E-state index contributed by atoms with van der Waals surface area (Å²) in [6, 6.07) is 19.5. The second kappa shape index (κ2) is 7.24. The maximum atomic E-state index is 13.7. The molecule has 0 saturated heterocycles. The molecule has 1 heterocycles. The van der Waals surface area contributed by atoms with Crippen LogP contribution in [-0.2, 0) is 5.41 Å². The smallest absolute Gasteiger partial charge is 0.162 e. The highest BCUT2D eigenvalue weighted by molar-refractivity contribution is 5.92. The predicted molar refractivity (Wildman–Crippen MR) is 113 cm³/mol. The van der Waals surface area contributed by atoms with Crippen molar-refractivity contribution in [2.24, 2.45) is 0 Å². The summed E-state index contributed by atoms with van der Waals surface area (Å²) < 4.78 is 27.0. The van der Waals surface area contributed by atoms with Crippen molar-refractivity contribution < 1.29 is 8.78 Å². The van der Waals surface area contributed by atoms with Crippen molar-refractivity contribution in [3.63, 3.8) is 0 Å². The van der Waals surface area contributed by atoms with E-state index in [2.05, 4.69) is 48.2 Å². The molecule has 4 rings (SSSR count). The normalized spacial score (nSPS) is 11.6. The summed E-state index contributed by atoms with van der Waals surface area (Å²) in [5.74, 6) is -0.881. The van der Waals surface area contributed by atoms with Crippen molar-refractivity contribution >= 4 is 22.4 Å². The maximum absolute atomic E-state index is 13.7. The molecule has 29 heavy (non-hydrogen) atoms. The van der Waals surface area contributed by atoms with E-state index in [4.69, 9.17) is 0 Å². The van der Waals surface area contributed by atoms with Crippen LogP contribution in [0.5, 0.6) is 0 Å². The summed E-state index contributed by atoms with van der Waals surface area (Å²) in [6.07, 6.45) is 0. The molecule has 0 aliphatic carbocycles. The number of hydrogen-bond acceptors (Lipinski definition) is 3. The van der Waals surface area contributed by atoms with E-state index in [0.717, 1.165) is 28.7 Å². The van der Waals surface area contributed by atoms with Crippen LogP contribution < -0.4 is 5.32 Å². The van der Waals surface area contributed by atoms with Gasteiger partial charge in [-0.3, -0.25) is 0 Å². The second-order valence-corrected chi connectivity index (χ2v) is 7.99. The Kier molecular flexibility index (Phi) is 4.74. The molecule has 5 heteroatoms. The molecule has 0 amide bonds. The van der Waals surface area contributed by atoms with Gasteiger partial charge in [0.1, 0.15) is 5.82 Å². The Morgan fingerprint density at radius 2 is 1.52 bits per heavy atom. The third-order valence-electron chi connectivity index (χ3n) is 4.79. The van der Waals surface area contributed by atoms with Gasteiger partial charge < -0.3 is 5.32 Å². The lowest BCUT2D eigenvalue weighted by molar-refractivity contribution is 0.509. The van der Waals surface area contributed by atoms with E-state index in [1.165, 1.54) is 11.6 Å². The summed E-state index contributed by atoms with van der Waals surface area (Å²) in [5, 5.41) is 4.19. The molecule has 3 nitrogen and oxygen atoms in total. The number of halogens is 2. The topological polar surface area (TPSA) is 37.8 Å². The van der Waals surface area contributed by atoms with Crippen molar-refractivity contribution in [1.82, 2.24) is 9.97 Å². The molecular formula is C24H21F2N3. The van der Waals surface area contributed by atoms with Gasteiger partial charge >= 0.3 is 0 Å². The van der Waals surface area contributed by atoms with Gasteiger partial charge in [-0.15, -0.1) is 0 Å². The van der Waals surface area contributed by atoms with Gasteiger partial charge in [0.05, 0.1) is 5.52 Å². The highest BCUT2D eigenvalue weighted by Gasteiger charge is 2.14. The van der Waals surface area contributed by atoms with Gasteiger partial charge in [0.2, 0.25) is 0 Å². The van der Waals surface area contributed by atoms with Crippen molar-refractivity contribution in [1.29, 1.82) is 0 Å². The second-order valence-electron chi connectivity index (χ2n) is 7.99. The molecule has 0 saturated carbocycles. The Hall–Kier alpha value is -3.34. The Morgan fingerprint density at radius 1 is 0.793 bits per heavy atom. The van der Waals surface area contributed by atoms with E-state index in [1.807, 2.05) is 36.4 Å². The Morgan fingerprint density at radius 3 is 2.21 bits per heavy atom. The molecule has 0 spiro atoms. The third-order valence-corrected chi connectivity index (χ3v) is 4.79. The van der Waals surface area contributed by atoms with Crippen molar-refractivity contribution in [3.8, 4) is 11.4 Å². The van der Waals surface area contributed by atoms with Crippen molar-refractivity contribution in [2.75, 3.05) is 5.32 Å². The Balaban J connectivity index is 1.77. The van der Waals surface area contributed by atoms with E-state index < -0.39 is 11.6 Å². The van der Waals surface area contributed by atoms with Crippen molar-refractivity contribution in [3.05, 3.63) is 83.9 Å². The highest BCUT2D eigenvalue weighted by Crippen LogP contribution is 2.29. The number of benzene rings is 3. The average molecular weight is 389 g/mol. The van der Waals surface area contributed by atoms with Gasteiger partial charge in [0.25, 0.3) is 0 Å². The fourth-order valence-electron chi connectivity index (χ4n) is 3.13. The molecule has 146 valence electrons. The standard InChI is InChI=1S/C24H21F2N3/c1-24(2,3)16-9-11-17(12-10-16)27-23-18-6-4-5-7-21(18)28-22(29-23)15-8-13-19(25)20(26)14-15/h4-14H,1-3H3,(H,27,28,29). The van der Waals surface area contributed by atoms with E-state index in [9.17, 15) is 8.78 Å². The number of aromatic nitrogens is 2. The molecule has 0 aliphatic heterocycles. The molecule has 0 unspecified atom stereocenters. The van der Waals surface area contributed by atoms with Gasteiger partial charge in [-0.2, -0.15) is 0 Å².